The van der Waals surface area contributed by atoms with Crippen LogP contribution in [0.25, 0.3) is 22.4 Å². The molecule has 0 unspecified atom stereocenters. The van der Waals surface area contributed by atoms with E-state index in [-0.39, 0.29) is 11.6 Å². The van der Waals surface area contributed by atoms with Crippen LogP contribution in [-0.2, 0) is 32.6 Å². The maximum Gasteiger partial charge on any atom is 0.326 e. The first-order valence-electron chi connectivity index (χ1n) is 12.7. The monoisotopic (exact) mass is 529 g/mol. The predicted molar refractivity (Wildman–Crippen MR) is 145 cm³/mol. The van der Waals surface area contributed by atoms with Gasteiger partial charge in [0.05, 0.1) is 24.9 Å². The van der Waals surface area contributed by atoms with Crippen LogP contribution in [0.4, 0.5) is 0 Å². The Morgan fingerprint density at radius 3 is 2.39 bits per heavy atom. The van der Waals surface area contributed by atoms with E-state index in [2.05, 4.69) is 14.9 Å². The molecule has 0 saturated carbocycles. The molecule has 2 heterocycles. The number of methoxy groups -OCH3 is 2. The number of esters is 1. The highest BCUT2D eigenvalue weighted by atomic mass is 16.6. The highest BCUT2D eigenvalue weighted by Gasteiger charge is 2.30. The number of aliphatic hydroxyl groups is 1. The van der Waals surface area contributed by atoms with Crippen molar-refractivity contribution in [1.29, 1.82) is 0 Å². The van der Waals surface area contributed by atoms with E-state index in [0.717, 1.165) is 28.0 Å². The van der Waals surface area contributed by atoms with Crippen molar-refractivity contribution >= 4 is 17.0 Å². The second-order valence-electron chi connectivity index (χ2n) is 10.7. The zero-order chi connectivity index (χ0) is 28.2. The zero-order valence-electron chi connectivity index (χ0n) is 23.6. The number of aryl methyl sites for hydroxylation is 2. The highest BCUT2D eigenvalue weighted by molar-refractivity contribution is 5.77. The lowest BCUT2D eigenvalue weighted by Gasteiger charge is -2.26. The van der Waals surface area contributed by atoms with Gasteiger partial charge in [0.1, 0.15) is 17.7 Å². The lowest BCUT2D eigenvalue weighted by molar-refractivity contribution is -0.691. The molecule has 0 fully saturated rings. The molecule has 3 rings (SSSR count). The molecule has 10 heteroatoms. The second kappa shape index (κ2) is 12.2. The number of fused-ring (bicyclic) bond motifs is 1. The molecule has 0 bridgehead atoms. The van der Waals surface area contributed by atoms with Crippen molar-refractivity contribution in [2.75, 3.05) is 27.4 Å². The molecule has 208 valence electrons. The van der Waals surface area contributed by atoms with Gasteiger partial charge in [-0.05, 0) is 58.4 Å². The van der Waals surface area contributed by atoms with Crippen LogP contribution in [-0.4, -0.2) is 65.8 Å². The molecule has 0 radical (unpaired) electrons. The quantitative estimate of drug-likeness (QED) is 0.257. The van der Waals surface area contributed by atoms with Gasteiger partial charge in [-0.15, -0.1) is 0 Å². The standard InChI is InChI=1S/C28H40N4O6/c1-17-11-20(14-31(6)26(17)34)25-30-22-10-9-19(12-23(22)32(25)21(15-36-7)16-37-8)13-29-24(18(2)33)27(35)38-28(3,4)5/h9-12,14,18,21,24,29,33H,13,15-16H2,1-8H3/p+1/t18-,24+/m1/s1. The summed E-state index contributed by atoms with van der Waals surface area (Å²) in [5.41, 5.74) is 3.51. The van der Waals surface area contributed by atoms with E-state index in [4.69, 9.17) is 14.2 Å². The molecule has 0 aliphatic rings. The van der Waals surface area contributed by atoms with Crippen LogP contribution in [0.2, 0.25) is 0 Å². The summed E-state index contributed by atoms with van der Waals surface area (Å²) >= 11 is 0. The molecule has 2 aromatic heterocycles. The van der Waals surface area contributed by atoms with Gasteiger partial charge in [0.15, 0.2) is 11.0 Å². The molecule has 0 aliphatic heterocycles. The Morgan fingerprint density at radius 2 is 1.84 bits per heavy atom. The maximum atomic E-state index is 12.7. The summed E-state index contributed by atoms with van der Waals surface area (Å²) in [6.45, 7) is 9.90. The molecule has 0 spiro atoms. The number of H-pyrrole nitrogens is 1. The summed E-state index contributed by atoms with van der Waals surface area (Å²) in [5.74, 6) is 0.316. The molecular weight excluding hydrogens is 488 g/mol. The van der Waals surface area contributed by atoms with E-state index in [1.54, 1.807) is 60.5 Å². The summed E-state index contributed by atoms with van der Waals surface area (Å²) in [6, 6.07) is 6.81. The van der Waals surface area contributed by atoms with Gasteiger partial charge in [-0.2, -0.15) is 0 Å². The van der Waals surface area contributed by atoms with Crippen LogP contribution in [0, 0.1) is 6.92 Å². The summed E-state index contributed by atoms with van der Waals surface area (Å²) in [6.07, 6.45) is 0.877. The van der Waals surface area contributed by atoms with Gasteiger partial charge in [0.25, 0.3) is 11.4 Å². The topological polar surface area (TPSA) is 119 Å². The lowest BCUT2D eigenvalue weighted by atomic mass is 10.1. The number of carbonyl (C=O) groups is 1. The first-order chi connectivity index (χ1) is 17.9. The number of aromatic amines is 1. The first-order valence-corrected chi connectivity index (χ1v) is 12.7. The van der Waals surface area contributed by atoms with Crippen LogP contribution >= 0.6 is 0 Å². The molecule has 3 aromatic rings. The van der Waals surface area contributed by atoms with Crippen molar-refractivity contribution in [3.63, 3.8) is 0 Å². The fraction of sp³-hybridized carbons (Fsp3) is 0.536. The normalized spacial score (nSPS) is 13.7. The number of aliphatic hydroxyl groups excluding tert-OH is 1. The van der Waals surface area contributed by atoms with Gasteiger partial charge in [0, 0.05) is 39.6 Å². The van der Waals surface area contributed by atoms with E-state index in [9.17, 15) is 14.7 Å². The largest absolute Gasteiger partial charge is 0.459 e. The average Bonchev–Trinajstić information content (AvgIpc) is 3.19. The lowest BCUT2D eigenvalue weighted by Crippen LogP contribution is -2.47. The molecule has 2 atom stereocenters. The van der Waals surface area contributed by atoms with E-state index in [1.807, 2.05) is 30.5 Å². The number of pyridine rings is 1. The van der Waals surface area contributed by atoms with Crippen LogP contribution in [0.1, 0.15) is 44.9 Å². The minimum absolute atomic E-state index is 0.0484. The predicted octanol–water partition coefficient (Wildman–Crippen LogP) is 2.14. The molecule has 0 aliphatic carbocycles. The van der Waals surface area contributed by atoms with Crippen molar-refractivity contribution in [2.24, 2.45) is 7.05 Å². The average molecular weight is 530 g/mol. The van der Waals surface area contributed by atoms with E-state index in [0.29, 0.717) is 25.3 Å². The van der Waals surface area contributed by atoms with Crippen LogP contribution < -0.4 is 15.4 Å². The summed E-state index contributed by atoms with van der Waals surface area (Å²) in [4.78, 5) is 28.5. The molecule has 0 amide bonds. The SMILES string of the molecule is COCC(COC)[n+]1c(-c2cc(C)c(=O)n(C)c2)[nH]c2ccc(CN[C@H](C(=O)OC(C)(C)C)[C@@H](C)O)cc21. The van der Waals surface area contributed by atoms with Gasteiger partial charge in [-0.1, -0.05) is 6.07 Å². The minimum atomic E-state index is -0.932. The fourth-order valence-electron chi connectivity index (χ4n) is 4.52. The van der Waals surface area contributed by atoms with Gasteiger partial charge >= 0.3 is 5.97 Å². The fourth-order valence-corrected chi connectivity index (χ4v) is 4.52. The number of hydrogen-bond acceptors (Lipinski definition) is 7. The van der Waals surface area contributed by atoms with E-state index in [1.165, 1.54) is 0 Å². The number of hydrogen-bond donors (Lipinski definition) is 3. The first kappa shape index (κ1) is 29.5. The second-order valence-corrected chi connectivity index (χ2v) is 10.7. The van der Waals surface area contributed by atoms with Crippen LogP contribution in [0.15, 0.2) is 35.3 Å². The number of imidazole rings is 1. The smallest absolute Gasteiger partial charge is 0.326 e. The highest BCUT2D eigenvalue weighted by Crippen LogP contribution is 2.23. The number of carbonyl (C=O) groups excluding carboxylic acids is 1. The Labute approximate surface area is 223 Å². The number of ether oxygens (including phenoxy) is 3. The van der Waals surface area contributed by atoms with Crippen molar-refractivity contribution in [3.8, 4) is 11.4 Å². The van der Waals surface area contributed by atoms with Gasteiger partial charge in [-0.3, -0.25) is 14.9 Å². The third-order valence-corrected chi connectivity index (χ3v) is 6.20. The Morgan fingerprint density at radius 1 is 1.18 bits per heavy atom. The number of benzene rings is 1. The molecule has 0 saturated heterocycles. The Kier molecular flexibility index (Phi) is 9.48. The number of rotatable bonds is 11. The van der Waals surface area contributed by atoms with E-state index >= 15 is 0 Å². The number of nitrogens with zero attached hydrogens (tertiary/aromatic N) is 2. The summed E-state index contributed by atoms with van der Waals surface area (Å²) < 4.78 is 20.2. The van der Waals surface area contributed by atoms with Gasteiger partial charge in [-0.25, -0.2) is 9.55 Å². The van der Waals surface area contributed by atoms with Crippen molar-refractivity contribution < 1.29 is 28.7 Å². The Balaban J connectivity index is 2.06. The number of aromatic nitrogens is 3. The van der Waals surface area contributed by atoms with Crippen molar-refractivity contribution in [2.45, 2.75) is 65.0 Å². The summed E-state index contributed by atoms with van der Waals surface area (Å²) in [7, 11) is 5.04. The Hall–Kier alpha value is -3.05. The Bertz CT molecular complexity index is 1290. The summed E-state index contributed by atoms with van der Waals surface area (Å²) in [5, 5.41) is 13.4. The third kappa shape index (κ3) is 6.87. The van der Waals surface area contributed by atoms with Gasteiger partial charge in [0.2, 0.25) is 0 Å². The number of nitrogens with one attached hydrogen (secondary N) is 2. The molecule has 3 N–H and O–H groups in total. The molecule has 1 aromatic carbocycles. The van der Waals surface area contributed by atoms with Crippen LogP contribution in [0.5, 0.6) is 0 Å². The molecule has 38 heavy (non-hydrogen) atoms. The van der Waals surface area contributed by atoms with Gasteiger partial charge < -0.3 is 23.9 Å². The molecular formula is C28H41N4O6+. The van der Waals surface area contributed by atoms with Crippen molar-refractivity contribution in [3.05, 3.63) is 51.9 Å². The third-order valence-electron chi connectivity index (χ3n) is 6.20. The van der Waals surface area contributed by atoms with E-state index < -0.39 is 23.7 Å². The maximum absolute atomic E-state index is 12.7. The zero-order valence-corrected chi connectivity index (χ0v) is 23.6. The molecule has 10 nitrogen and oxygen atoms in total. The van der Waals surface area contributed by atoms with Crippen LogP contribution in [0.3, 0.4) is 0 Å². The minimum Gasteiger partial charge on any atom is -0.459 e. The van der Waals surface area contributed by atoms with Crippen molar-refractivity contribution in [1.82, 2.24) is 14.9 Å².